The number of benzene rings is 1. The molecule has 0 spiro atoms. The topological polar surface area (TPSA) is 60.1 Å². The SMILES string of the molecule is CCCN1CC[C@H](Nc2cnc([C@@H]3c4[nH]c5ccccc5c4C[C@@H](C)N3C3CCC4CC3C4)cn2)C1. The highest BCUT2D eigenvalue weighted by Gasteiger charge is 2.48. The third-order valence-electron chi connectivity index (χ3n) is 9.61. The van der Waals surface area contributed by atoms with Crippen LogP contribution in [0.1, 0.15) is 75.4 Å². The highest BCUT2D eigenvalue weighted by Crippen LogP contribution is 2.51. The van der Waals surface area contributed by atoms with Gasteiger partial charge in [-0.25, -0.2) is 4.98 Å². The highest BCUT2D eigenvalue weighted by atomic mass is 15.3. The number of H-pyrrole nitrogens is 1. The summed E-state index contributed by atoms with van der Waals surface area (Å²) >= 11 is 0. The normalized spacial score (nSPS) is 32.4. The van der Waals surface area contributed by atoms with E-state index in [2.05, 4.69) is 64.4 Å². The summed E-state index contributed by atoms with van der Waals surface area (Å²) in [5.74, 6) is 2.75. The Morgan fingerprint density at radius 1 is 1.08 bits per heavy atom. The van der Waals surface area contributed by atoms with Gasteiger partial charge in [0, 0.05) is 47.8 Å². The maximum atomic E-state index is 5.09. The monoisotopic (exact) mass is 484 g/mol. The molecule has 190 valence electrons. The molecule has 1 unspecified atom stereocenters. The predicted molar refractivity (Wildman–Crippen MR) is 145 cm³/mol. The molecule has 3 aromatic rings. The van der Waals surface area contributed by atoms with E-state index in [1.54, 1.807) is 0 Å². The summed E-state index contributed by atoms with van der Waals surface area (Å²) in [5.41, 5.74) is 5.16. The van der Waals surface area contributed by atoms with Crippen molar-refractivity contribution in [3.8, 4) is 0 Å². The maximum absolute atomic E-state index is 5.09. The molecule has 0 radical (unpaired) electrons. The van der Waals surface area contributed by atoms with E-state index in [4.69, 9.17) is 9.97 Å². The molecular formula is C30H40N6. The van der Waals surface area contributed by atoms with Crippen molar-refractivity contribution in [3.63, 3.8) is 0 Å². The average molecular weight is 485 g/mol. The fourth-order valence-electron chi connectivity index (χ4n) is 7.90. The lowest BCUT2D eigenvalue weighted by Gasteiger charge is -2.55. The van der Waals surface area contributed by atoms with Gasteiger partial charge in [-0.2, -0.15) is 0 Å². The minimum Gasteiger partial charge on any atom is -0.365 e. The average Bonchev–Trinajstić information content (AvgIpc) is 3.47. The van der Waals surface area contributed by atoms with Crippen LogP contribution in [0.3, 0.4) is 0 Å². The van der Waals surface area contributed by atoms with E-state index < -0.39 is 0 Å². The van der Waals surface area contributed by atoms with Crippen LogP contribution >= 0.6 is 0 Å². The van der Waals surface area contributed by atoms with Gasteiger partial charge in [0.15, 0.2) is 0 Å². The van der Waals surface area contributed by atoms with Gasteiger partial charge in [0.05, 0.1) is 24.1 Å². The lowest BCUT2D eigenvalue weighted by Crippen LogP contribution is -2.56. The molecule has 2 aromatic heterocycles. The summed E-state index contributed by atoms with van der Waals surface area (Å²) < 4.78 is 0. The number of rotatable bonds is 6. The molecule has 3 saturated carbocycles. The van der Waals surface area contributed by atoms with E-state index in [1.807, 2.05) is 6.20 Å². The minimum atomic E-state index is 0.145. The van der Waals surface area contributed by atoms with Crippen LogP contribution in [-0.2, 0) is 6.42 Å². The van der Waals surface area contributed by atoms with Crippen LogP contribution in [0.4, 0.5) is 5.82 Å². The van der Waals surface area contributed by atoms with Gasteiger partial charge in [0.1, 0.15) is 5.82 Å². The van der Waals surface area contributed by atoms with Gasteiger partial charge >= 0.3 is 0 Å². The van der Waals surface area contributed by atoms with Gasteiger partial charge in [-0.3, -0.25) is 9.88 Å². The molecule has 6 heteroatoms. The molecule has 4 atom stereocenters. The third kappa shape index (κ3) is 3.84. The number of anilines is 1. The van der Waals surface area contributed by atoms with Crippen molar-refractivity contribution in [2.24, 2.45) is 11.8 Å². The molecule has 2 bridgehead atoms. The largest absolute Gasteiger partial charge is 0.365 e. The fraction of sp³-hybridized carbons (Fsp3) is 0.600. The zero-order valence-corrected chi connectivity index (χ0v) is 21.8. The standard InChI is InChI=1S/C30H40N6/c1-3-11-35-12-10-22(18-35)33-28-17-31-26(16-32-28)30-29-24(23-6-4-5-7-25(23)34-29)13-19(2)36(30)27-9-8-20-14-21(27)15-20/h4-7,16-17,19-22,27,30,34H,3,8-15,18H2,1-2H3,(H,32,33)/t19-,20?,21?,22+,27?,30-/m1/s1. The number of fused-ring (bicyclic) bond motifs is 5. The zero-order valence-electron chi connectivity index (χ0n) is 21.8. The van der Waals surface area contributed by atoms with Crippen LogP contribution in [0.5, 0.6) is 0 Å². The Balaban J connectivity index is 1.21. The number of aromatic nitrogens is 3. The van der Waals surface area contributed by atoms with Crippen molar-refractivity contribution < 1.29 is 0 Å². The van der Waals surface area contributed by atoms with E-state index in [0.29, 0.717) is 18.1 Å². The number of nitrogens with zero attached hydrogens (tertiary/aromatic N) is 4. The fourth-order valence-corrected chi connectivity index (χ4v) is 7.90. The molecule has 4 heterocycles. The second-order valence-corrected chi connectivity index (χ2v) is 12.0. The summed E-state index contributed by atoms with van der Waals surface area (Å²) in [6.07, 6.45) is 13.1. The molecule has 2 aliphatic heterocycles. The summed E-state index contributed by atoms with van der Waals surface area (Å²) in [7, 11) is 0. The Labute approximate surface area is 214 Å². The van der Waals surface area contributed by atoms with Crippen LogP contribution in [-0.4, -0.2) is 62.5 Å². The van der Waals surface area contributed by atoms with Crippen molar-refractivity contribution >= 4 is 16.7 Å². The summed E-state index contributed by atoms with van der Waals surface area (Å²) in [4.78, 5) is 19.2. The Bertz CT molecular complexity index is 1210. The molecule has 2 N–H and O–H groups in total. The molecule has 5 aliphatic rings. The lowest BCUT2D eigenvalue weighted by molar-refractivity contribution is -0.0364. The lowest BCUT2D eigenvalue weighted by atomic mass is 9.61. The minimum absolute atomic E-state index is 0.145. The van der Waals surface area contributed by atoms with Crippen LogP contribution in [0, 0.1) is 11.8 Å². The van der Waals surface area contributed by atoms with Gasteiger partial charge < -0.3 is 15.2 Å². The van der Waals surface area contributed by atoms with Gasteiger partial charge in [0.2, 0.25) is 0 Å². The van der Waals surface area contributed by atoms with Crippen molar-refractivity contribution in [3.05, 3.63) is 53.6 Å². The third-order valence-corrected chi connectivity index (χ3v) is 9.61. The first kappa shape index (κ1) is 22.7. The van der Waals surface area contributed by atoms with Crippen molar-refractivity contribution in [2.45, 2.75) is 83.0 Å². The first-order valence-electron chi connectivity index (χ1n) is 14.4. The summed E-state index contributed by atoms with van der Waals surface area (Å²) in [6.45, 7) is 8.17. The zero-order chi connectivity index (χ0) is 24.2. The van der Waals surface area contributed by atoms with Gasteiger partial charge in [-0.05, 0) is 81.9 Å². The van der Waals surface area contributed by atoms with E-state index >= 15 is 0 Å². The number of nitrogens with one attached hydrogen (secondary N) is 2. The maximum Gasteiger partial charge on any atom is 0.144 e. The summed E-state index contributed by atoms with van der Waals surface area (Å²) in [6, 6.07) is 10.6. The number of aromatic amines is 1. The van der Waals surface area contributed by atoms with Gasteiger partial charge in [-0.1, -0.05) is 25.1 Å². The number of hydrogen-bond donors (Lipinski definition) is 2. The smallest absolute Gasteiger partial charge is 0.144 e. The quantitative estimate of drug-likeness (QED) is 0.492. The van der Waals surface area contributed by atoms with Crippen LogP contribution in [0.15, 0.2) is 36.7 Å². The Morgan fingerprint density at radius 3 is 2.75 bits per heavy atom. The van der Waals surface area contributed by atoms with Gasteiger partial charge in [-0.15, -0.1) is 0 Å². The number of para-hydroxylation sites is 1. The molecule has 6 nitrogen and oxygen atoms in total. The molecule has 1 aromatic carbocycles. The number of hydrogen-bond acceptors (Lipinski definition) is 5. The second kappa shape index (κ2) is 9.14. The summed E-state index contributed by atoms with van der Waals surface area (Å²) in [5, 5.41) is 5.04. The van der Waals surface area contributed by atoms with Crippen molar-refractivity contribution in [1.82, 2.24) is 24.8 Å². The molecular weight excluding hydrogens is 444 g/mol. The van der Waals surface area contributed by atoms with Crippen molar-refractivity contribution in [1.29, 1.82) is 0 Å². The van der Waals surface area contributed by atoms with E-state index in [9.17, 15) is 0 Å². The Kier molecular flexibility index (Phi) is 5.77. The van der Waals surface area contributed by atoms with E-state index in [1.165, 1.54) is 73.8 Å². The van der Waals surface area contributed by atoms with Crippen LogP contribution in [0.2, 0.25) is 0 Å². The van der Waals surface area contributed by atoms with E-state index in [0.717, 1.165) is 36.3 Å². The molecule has 0 amide bonds. The van der Waals surface area contributed by atoms with Crippen LogP contribution in [0.25, 0.3) is 10.9 Å². The molecule has 4 fully saturated rings. The second-order valence-electron chi connectivity index (χ2n) is 12.0. The van der Waals surface area contributed by atoms with E-state index in [-0.39, 0.29) is 6.04 Å². The first-order valence-corrected chi connectivity index (χ1v) is 14.4. The highest BCUT2D eigenvalue weighted by molar-refractivity contribution is 5.85. The molecule has 1 saturated heterocycles. The van der Waals surface area contributed by atoms with Crippen LogP contribution < -0.4 is 5.32 Å². The van der Waals surface area contributed by atoms with Gasteiger partial charge in [0.25, 0.3) is 0 Å². The first-order chi connectivity index (χ1) is 17.7. The molecule has 36 heavy (non-hydrogen) atoms. The molecule has 8 rings (SSSR count). The molecule has 3 aliphatic carbocycles. The Morgan fingerprint density at radius 2 is 1.97 bits per heavy atom. The predicted octanol–water partition coefficient (Wildman–Crippen LogP) is 5.38. The Hall–Kier alpha value is -2.44. The number of likely N-dealkylation sites (tertiary alicyclic amines) is 1. The van der Waals surface area contributed by atoms with Crippen molar-refractivity contribution in [2.75, 3.05) is 25.0 Å².